The molecule has 0 spiro atoms. The van der Waals surface area contributed by atoms with E-state index in [2.05, 4.69) is 31.4 Å². The van der Waals surface area contributed by atoms with E-state index >= 15 is 0 Å². The summed E-state index contributed by atoms with van der Waals surface area (Å²) in [4.78, 5) is 25.8. The van der Waals surface area contributed by atoms with Crippen LogP contribution in [0.1, 0.15) is 39.2 Å². The quantitative estimate of drug-likeness (QED) is 0.712. The number of ether oxygens (including phenoxy) is 2. The Balaban J connectivity index is 1.72. The number of methoxy groups -OCH3 is 2. The number of nitrogens with one attached hydrogen (secondary N) is 2. The summed E-state index contributed by atoms with van der Waals surface area (Å²) in [6, 6.07) is 12.9. The van der Waals surface area contributed by atoms with Crippen molar-refractivity contribution in [2.45, 2.75) is 39.0 Å². The molecule has 0 radical (unpaired) electrons. The average Bonchev–Trinajstić information content (AvgIpc) is 3.50. The maximum absolute atomic E-state index is 12.9. The number of amides is 2. The summed E-state index contributed by atoms with van der Waals surface area (Å²) in [5, 5.41) is 5.72. The molecule has 154 valence electrons. The molecular formula is C23H28N2O4. The lowest BCUT2D eigenvalue weighted by molar-refractivity contribution is -0.131. The van der Waals surface area contributed by atoms with Crippen LogP contribution in [0.25, 0.3) is 0 Å². The molecule has 3 rings (SSSR count). The summed E-state index contributed by atoms with van der Waals surface area (Å²) in [7, 11) is 3.08. The van der Waals surface area contributed by atoms with Crippen molar-refractivity contribution in [2.75, 3.05) is 24.9 Å². The van der Waals surface area contributed by atoms with E-state index in [4.69, 9.17) is 9.47 Å². The first kappa shape index (κ1) is 20.7. The lowest BCUT2D eigenvalue weighted by atomic mass is 9.87. The zero-order chi connectivity index (χ0) is 21.2. The Morgan fingerprint density at radius 2 is 1.52 bits per heavy atom. The van der Waals surface area contributed by atoms with Crippen molar-refractivity contribution in [1.82, 2.24) is 0 Å². The second-order valence-electron chi connectivity index (χ2n) is 8.38. The van der Waals surface area contributed by atoms with Gasteiger partial charge in [-0.3, -0.25) is 9.59 Å². The first-order valence-corrected chi connectivity index (χ1v) is 9.65. The summed E-state index contributed by atoms with van der Waals surface area (Å²) in [5.41, 5.74) is 1.32. The van der Waals surface area contributed by atoms with Crippen LogP contribution >= 0.6 is 0 Å². The van der Waals surface area contributed by atoms with Gasteiger partial charge in [0.2, 0.25) is 11.8 Å². The van der Waals surface area contributed by atoms with Crippen LogP contribution in [0.5, 0.6) is 11.5 Å². The van der Waals surface area contributed by atoms with Gasteiger partial charge in [-0.05, 0) is 48.1 Å². The highest BCUT2D eigenvalue weighted by Gasteiger charge is 2.56. The molecule has 0 bridgehead atoms. The third kappa shape index (κ3) is 4.36. The number of rotatable bonds is 6. The molecule has 2 N–H and O–H groups in total. The largest absolute Gasteiger partial charge is 0.497 e. The predicted octanol–water partition coefficient (Wildman–Crippen LogP) is 4.36. The SMILES string of the molecule is COc1ccc(OC)c(NC(=O)C2(C(=O)Nc3ccc(C(C)(C)C)cc3)CC2)c1. The monoisotopic (exact) mass is 396 g/mol. The number of anilines is 2. The van der Waals surface area contributed by atoms with E-state index in [0.29, 0.717) is 35.7 Å². The van der Waals surface area contributed by atoms with Gasteiger partial charge >= 0.3 is 0 Å². The lowest BCUT2D eigenvalue weighted by Crippen LogP contribution is -2.35. The van der Waals surface area contributed by atoms with E-state index in [9.17, 15) is 9.59 Å². The molecule has 1 fully saturated rings. The van der Waals surface area contributed by atoms with Gasteiger partial charge in [-0.15, -0.1) is 0 Å². The third-order valence-corrected chi connectivity index (χ3v) is 5.28. The van der Waals surface area contributed by atoms with Crippen LogP contribution in [-0.2, 0) is 15.0 Å². The summed E-state index contributed by atoms with van der Waals surface area (Å²) < 4.78 is 10.5. The van der Waals surface area contributed by atoms with Crippen molar-refractivity contribution < 1.29 is 19.1 Å². The molecule has 6 nitrogen and oxygen atoms in total. The standard InChI is InChI=1S/C23H28N2O4/c1-22(2,3)15-6-8-16(9-7-15)24-20(26)23(12-13-23)21(27)25-18-14-17(28-4)10-11-19(18)29-5/h6-11,14H,12-13H2,1-5H3,(H,24,26)(H,25,27). The summed E-state index contributed by atoms with van der Waals surface area (Å²) in [5.74, 6) is 0.468. The first-order valence-electron chi connectivity index (χ1n) is 9.65. The normalized spacial score (nSPS) is 14.7. The highest BCUT2D eigenvalue weighted by Crippen LogP contribution is 2.48. The Labute approximate surface area is 171 Å². The van der Waals surface area contributed by atoms with E-state index in [1.54, 1.807) is 25.3 Å². The summed E-state index contributed by atoms with van der Waals surface area (Å²) in [6.07, 6.45) is 1.02. The van der Waals surface area contributed by atoms with Crippen molar-refractivity contribution in [3.8, 4) is 11.5 Å². The predicted molar refractivity (Wildman–Crippen MR) is 114 cm³/mol. The molecule has 2 aromatic rings. The van der Waals surface area contributed by atoms with Gasteiger partial charge < -0.3 is 20.1 Å². The smallest absolute Gasteiger partial charge is 0.240 e. The second kappa shape index (κ2) is 7.78. The van der Waals surface area contributed by atoms with Crippen LogP contribution in [0.15, 0.2) is 42.5 Å². The molecule has 1 saturated carbocycles. The third-order valence-electron chi connectivity index (χ3n) is 5.28. The first-order chi connectivity index (χ1) is 13.7. The highest BCUT2D eigenvalue weighted by molar-refractivity contribution is 6.17. The summed E-state index contributed by atoms with van der Waals surface area (Å²) >= 11 is 0. The molecule has 2 amide bonds. The summed E-state index contributed by atoms with van der Waals surface area (Å²) in [6.45, 7) is 6.41. The number of benzene rings is 2. The molecule has 29 heavy (non-hydrogen) atoms. The van der Waals surface area contributed by atoms with E-state index in [1.807, 2.05) is 24.3 Å². The molecule has 0 atom stereocenters. The molecule has 0 unspecified atom stereocenters. The van der Waals surface area contributed by atoms with Crippen LogP contribution in [0.3, 0.4) is 0 Å². The van der Waals surface area contributed by atoms with Crippen molar-refractivity contribution in [3.63, 3.8) is 0 Å². The molecule has 0 aliphatic heterocycles. The van der Waals surface area contributed by atoms with Crippen molar-refractivity contribution >= 4 is 23.2 Å². The number of carbonyl (C=O) groups excluding carboxylic acids is 2. The van der Waals surface area contributed by atoms with Gasteiger partial charge in [0.1, 0.15) is 16.9 Å². The van der Waals surface area contributed by atoms with Crippen molar-refractivity contribution in [1.29, 1.82) is 0 Å². The van der Waals surface area contributed by atoms with Crippen molar-refractivity contribution in [2.24, 2.45) is 5.41 Å². The minimum Gasteiger partial charge on any atom is -0.497 e. The molecule has 1 aliphatic rings. The Kier molecular flexibility index (Phi) is 5.55. The van der Waals surface area contributed by atoms with Crippen LogP contribution < -0.4 is 20.1 Å². The van der Waals surface area contributed by atoms with E-state index < -0.39 is 5.41 Å². The molecule has 0 heterocycles. The van der Waals surface area contributed by atoms with Gasteiger partial charge in [0.05, 0.1) is 19.9 Å². The Bertz CT molecular complexity index is 909. The van der Waals surface area contributed by atoms with Gasteiger partial charge in [-0.25, -0.2) is 0 Å². The van der Waals surface area contributed by atoms with Crippen molar-refractivity contribution in [3.05, 3.63) is 48.0 Å². The van der Waals surface area contributed by atoms with Gasteiger partial charge in [0.25, 0.3) is 0 Å². The highest BCUT2D eigenvalue weighted by atomic mass is 16.5. The minimum atomic E-state index is -1.06. The van der Waals surface area contributed by atoms with Gasteiger partial charge in [-0.1, -0.05) is 32.9 Å². The fraction of sp³-hybridized carbons (Fsp3) is 0.391. The molecular weight excluding hydrogens is 368 g/mol. The van der Waals surface area contributed by atoms with E-state index in [-0.39, 0.29) is 17.2 Å². The minimum absolute atomic E-state index is 0.0376. The fourth-order valence-electron chi connectivity index (χ4n) is 3.14. The zero-order valence-corrected chi connectivity index (χ0v) is 17.6. The van der Waals surface area contributed by atoms with E-state index in [0.717, 1.165) is 0 Å². The van der Waals surface area contributed by atoms with Crippen LogP contribution in [0, 0.1) is 5.41 Å². The topological polar surface area (TPSA) is 76.7 Å². The number of hydrogen-bond donors (Lipinski definition) is 2. The molecule has 0 aromatic heterocycles. The fourth-order valence-corrected chi connectivity index (χ4v) is 3.14. The molecule has 6 heteroatoms. The average molecular weight is 396 g/mol. The van der Waals surface area contributed by atoms with Crippen LogP contribution in [0.2, 0.25) is 0 Å². The number of carbonyl (C=O) groups is 2. The number of hydrogen-bond acceptors (Lipinski definition) is 4. The Morgan fingerprint density at radius 1 is 0.897 bits per heavy atom. The lowest BCUT2D eigenvalue weighted by Gasteiger charge is -2.20. The maximum Gasteiger partial charge on any atom is 0.240 e. The van der Waals surface area contributed by atoms with Gasteiger partial charge in [-0.2, -0.15) is 0 Å². The van der Waals surface area contributed by atoms with Gasteiger partial charge in [0.15, 0.2) is 0 Å². The second-order valence-corrected chi connectivity index (χ2v) is 8.38. The maximum atomic E-state index is 12.9. The van der Waals surface area contributed by atoms with Crippen LogP contribution in [-0.4, -0.2) is 26.0 Å². The molecule has 0 saturated heterocycles. The molecule has 2 aromatic carbocycles. The molecule has 1 aliphatic carbocycles. The zero-order valence-electron chi connectivity index (χ0n) is 17.6. The Morgan fingerprint density at radius 3 is 2.03 bits per heavy atom. The Hall–Kier alpha value is -3.02. The van der Waals surface area contributed by atoms with Gasteiger partial charge in [0, 0.05) is 11.8 Å². The van der Waals surface area contributed by atoms with E-state index in [1.165, 1.54) is 12.7 Å². The van der Waals surface area contributed by atoms with Crippen LogP contribution in [0.4, 0.5) is 11.4 Å².